The molecule has 0 spiro atoms. The Labute approximate surface area is 112 Å². The number of piperazine rings is 1. The number of benzene rings is 1. The fourth-order valence-corrected chi connectivity index (χ4v) is 2.27. The van der Waals surface area contributed by atoms with E-state index in [0.717, 1.165) is 43.3 Å². The van der Waals surface area contributed by atoms with E-state index in [2.05, 4.69) is 15.2 Å². The van der Waals surface area contributed by atoms with Crippen LogP contribution in [0, 0.1) is 5.82 Å². The lowest BCUT2D eigenvalue weighted by molar-refractivity contribution is 0.585. The Morgan fingerprint density at radius 3 is 2.47 bits per heavy atom. The fraction of sp³-hybridized carbons (Fsp3) is 0.267. The molecule has 2 aromatic rings. The van der Waals surface area contributed by atoms with Gasteiger partial charge in [-0.2, -0.15) is 0 Å². The summed E-state index contributed by atoms with van der Waals surface area (Å²) in [4.78, 5) is 6.94. The Morgan fingerprint density at radius 1 is 1.00 bits per heavy atom. The van der Waals surface area contributed by atoms with Gasteiger partial charge in [-0.05, 0) is 36.4 Å². The monoisotopic (exact) mass is 257 g/mol. The Hall–Kier alpha value is -1.94. The van der Waals surface area contributed by atoms with E-state index < -0.39 is 0 Å². The largest absolute Gasteiger partial charge is 0.354 e. The number of pyridine rings is 1. The van der Waals surface area contributed by atoms with Crippen molar-refractivity contribution in [3.05, 3.63) is 48.3 Å². The first kappa shape index (κ1) is 12.1. The van der Waals surface area contributed by atoms with Gasteiger partial charge in [0.2, 0.25) is 0 Å². The van der Waals surface area contributed by atoms with E-state index >= 15 is 0 Å². The molecule has 2 heterocycles. The van der Waals surface area contributed by atoms with Crippen molar-refractivity contribution in [2.24, 2.45) is 0 Å². The third-order valence-corrected chi connectivity index (χ3v) is 3.32. The van der Waals surface area contributed by atoms with Gasteiger partial charge in [0.05, 0.1) is 5.69 Å². The summed E-state index contributed by atoms with van der Waals surface area (Å²) in [6.45, 7) is 3.92. The molecule has 0 bridgehead atoms. The van der Waals surface area contributed by atoms with E-state index in [1.165, 1.54) is 12.1 Å². The fourth-order valence-electron chi connectivity index (χ4n) is 2.27. The zero-order valence-corrected chi connectivity index (χ0v) is 10.6. The third-order valence-electron chi connectivity index (χ3n) is 3.32. The van der Waals surface area contributed by atoms with Gasteiger partial charge in [-0.25, -0.2) is 9.37 Å². The molecule has 4 heteroatoms. The van der Waals surface area contributed by atoms with Crippen LogP contribution in [0.4, 0.5) is 10.2 Å². The summed E-state index contributed by atoms with van der Waals surface area (Å²) in [5.74, 6) is 0.769. The van der Waals surface area contributed by atoms with Crippen molar-refractivity contribution >= 4 is 5.82 Å². The Kier molecular flexibility index (Phi) is 3.42. The topological polar surface area (TPSA) is 28.2 Å². The maximum Gasteiger partial charge on any atom is 0.129 e. The number of hydrogen-bond donors (Lipinski definition) is 1. The quantitative estimate of drug-likeness (QED) is 0.894. The maximum absolute atomic E-state index is 12.9. The van der Waals surface area contributed by atoms with Crippen molar-refractivity contribution in [3.8, 4) is 11.3 Å². The predicted molar refractivity (Wildman–Crippen MR) is 74.7 cm³/mol. The van der Waals surface area contributed by atoms with Gasteiger partial charge in [-0.1, -0.05) is 6.07 Å². The van der Waals surface area contributed by atoms with Crippen molar-refractivity contribution in [3.63, 3.8) is 0 Å². The molecule has 0 amide bonds. The number of nitrogens with zero attached hydrogens (tertiary/aromatic N) is 2. The van der Waals surface area contributed by atoms with Gasteiger partial charge in [0.1, 0.15) is 11.6 Å². The number of aromatic nitrogens is 1. The Balaban J connectivity index is 1.88. The molecule has 0 unspecified atom stereocenters. The van der Waals surface area contributed by atoms with Crippen molar-refractivity contribution in [1.29, 1.82) is 0 Å². The molecule has 98 valence electrons. The van der Waals surface area contributed by atoms with E-state index in [9.17, 15) is 4.39 Å². The van der Waals surface area contributed by atoms with Crippen LogP contribution < -0.4 is 10.2 Å². The molecule has 3 rings (SSSR count). The number of halogens is 1. The molecule has 1 aliphatic heterocycles. The second kappa shape index (κ2) is 5.36. The number of anilines is 1. The summed E-state index contributed by atoms with van der Waals surface area (Å²) in [6, 6.07) is 12.4. The highest BCUT2D eigenvalue weighted by Crippen LogP contribution is 2.21. The van der Waals surface area contributed by atoms with Crippen LogP contribution in [-0.2, 0) is 0 Å². The summed E-state index contributed by atoms with van der Waals surface area (Å²) < 4.78 is 12.9. The Bertz CT molecular complexity index is 548. The molecule has 0 aliphatic carbocycles. The van der Waals surface area contributed by atoms with E-state index in [1.54, 1.807) is 12.1 Å². The van der Waals surface area contributed by atoms with Gasteiger partial charge >= 0.3 is 0 Å². The lowest BCUT2D eigenvalue weighted by atomic mass is 10.1. The highest BCUT2D eigenvalue weighted by Gasteiger charge is 2.12. The molecule has 19 heavy (non-hydrogen) atoms. The Morgan fingerprint density at radius 2 is 1.74 bits per heavy atom. The predicted octanol–water partition coefficient (Wildman–Crippen LogP) is 2.30. The minimum absolute atomic E-state index is 0.220. The number of rotatable bonds is 2. The summed E-state index contributed by atoms with van der Waals surface area (Å²) in [5, 5.41) is 3.33. The highest BCUT2D eigenvalue weighted by molar-refractivity contribution is 5.61. The minimum Gasteiger partial charge on any atom is -0.354 e. The summed E-state index contributed by atoms with van der Waals surface area (Å²) in [6.07, 6.45) is 0. The van der Waals surface area contributed by atoms with Crippen LogP contribution in [0.5, 0.6) is 0 Å². The summed E-state index contributed by atoms with van der Waals surface area (Å²) in [5.41, 5.74) is 1.83. The average Bonchev–Trinajstić information content (AvgIpc) is 2.49. The van der Waals surface area contributed by atoms with E-state index in [4.69, 9.17) is 0 Å². The lowest BCUT2D eigenvalue weighted by Gasteiger charge is -2.28. The van der Waals surface area contributed by atoms with Crippen LogP contribution in [0.1, 0.15) is 0 Å². The second-order valence-electron chi connectivity index (χ2n) is 4.62. The normalized spacial score (nSPS) is 15.5. The molecule has 3 nitrogen and oxygen atoms in total. The first-order valence-corrected chi connectivity index (χ1v) is 6.51. The van der Waals surface area contributed by atoms with Crippen LogP contribution in [0.25, 0.3) is 11.3 Å². The lowest BCUT2D eigenvalue weighted by Crippen LogP contribution is -2.43. The highest BCUT2D eigenvalue weighted by atomic mass is 19.1. The van der Waals surface area contributed by atoms with Gasteiger partial charge in [-0.15, -0.1) is 0 Å². The molecule has 0 atom stereocenters. The summed E-state index contributed by atoms with van der Waals surface area (Å²) >= 11 is 0. The van der Waals surface area contributed by atoms with E-state index in [-0.39, 0.29) is 5.82 Å². The van der Waals surface area contributed by atoms with Crippen LogP contribution in [0.15, 0.2) is 42.5 Å². The van der Waals surface area contributed by atoms with Gasteiger partial charge in [-0.3, -0.25) is 0 Å². The molecule has 1 aromatic carbocycles. The van der Waals surface area contributed by atoms with Crippen molar-refractivity contribution in [1.82, 2.24) is 10.3 Å². The van der Waals surface area contributed by atoms with Crippen molar-refractivity contribution in [2.45, 2.75) is 0 Å². The molecule has 1 saturated heterocycles. The third kappa shape index (κ3) is 2.74. The SMILES string of the molecule is Fc1ccc(-c2cccc(N3CCNCC3)n2)cc1. The minimum atomic E-state index is -0.220. The van der Waals surface area contributed by atoms with Crippen LogP contribution >= 0.6 is 0 Å². The van der Waals surface area contributed by atoms with Crippen LogP contribution in [0.3, 0.4) is 0 Å². The van der Waals surface area contributed by atoms with Crippen molar-refractivity contribution in [2.75, 3.05) is 31.1 Å². The summed E-state index contributed by atoms with van der Waals surface area (Å²) in [7, 11) is 0. The number of nitrogens with one attached hydrogen (secondary N) is 1. The molecular weight excluding hydrogens is 241 g/mol. The molecule has 1 fully saturated rings. The van der Waals surface area contributed by atoms with Gasteiger partial charge in [0.15, 0.2) is 0 Å². The standard InChI is InChI=1S/C15H16FN3/c16-13-6-4-12(5-7-13)14-2-1-3-15(18-14)19-10-8-17-9-11-19/h1-7,17H,8-11H2. The van der Waals surface area contributed by atoms with Crippen LogP contribution in [0.2, 0.25) is 0 Å². The zero-order chi connectivity index (χ0) is 13.1. The maximum atomic E-state index is 12.9. The van der Waals surface area contributed by atoms with Gasteiger partial charge in [0.25, 0.3) is 0 Å². The second-order valence-corrected chi connectivity index (χ2v) is 4.62. The molecule has 1 aromatic heterocycles. The molecule has 1 N–H and O–H groups in total. The average molecular weight is 257 g/mol. The number of hydrogen-bond acceptors (Lipinski definition) is 3. The first-order chi connectivity index (χ1) is 9.33. The van der Waals surface area contributed by atoms with Crippen LogP contribution in [-0.4, -0.2) is 31.2 Å². The molecule has 1 aliphatic rings. The molecule has 0 radical (unpaired) electrons. The molecular formula is C15H16FN3. The smallest absolute Gasteiger partial charge is 0.129 e. The van der Waals surface area contributed by atoms with Gasteiger partial charge < -0.3 is 10.2 Å². The van der Waals surface area contributed by atoms with E-state index in [1.807, 2.05) is 18.2 Å². The van der Waals surface area contributed by atoms with Gasteiger partial charge in [0, 0.05) is 31.7 Å². The van der Waals surface area contributed by atoms with E-state index in [0.29, 0.717) is 0 Å². The molecule has 0 saturated carbocycles. The zero-order valence-electron chi connectivity index (χ0n) is 10.6. The van der Waals surface area contributed by atoms with Crippen molar-refractivity contribution < 1.29 is 4.39 Å². The first-order valence-electron chi connectivity index (χ1n) is 6.51.